The van der Waals surface area contributed by atoms with Crippen LogP contribution in [0.3, 0.4) is 0 Å². The van der Waals surface area contributed by atoms with E-state index >= 15 is 0 Å². The minimum absolute atomic E-state index is 0.0151. The molecular formula is C13H14N2O2. The van der Waals surface area contributed by atoms with Gasteiger partial charge in [-0.2, -0.15) is 0 Å². The summed E-state index contributed by atoms with van der Waals surface area (Å²) in [4.78, 5) is 10.1. The Morgan fingerprint density at radius 2 is 1.88 bits per heavy atom. The zero-order valence-corrected chi connectivity index (χ0v) is 9.45. The van der Waals surface area contributed by atoms with Gasteiger partial charge in [-0.15, -0.1) is 0 Å². The summed E-state index contributed by atoms with van der Waals surface area (Å²) >= 11 is 0. The van der Waals surface area contributed by atoms with Crippen molar-refractivity contribution < 1.29 is 4.92 Å². The molecule has 0 saturated heterocycles. The highest BCUT2D eigenvalue weighted by Crippen LogP contribution is 2.08. The minimum atomic E-state index is -0.278. The number of aromatic nitrogens is 1. The molecule has 0 atom stereocenters. The summed E-state index contributed by atoms with van der Waals surface area (Å²) in [5, 5.41) is 10.4. The van der Waals surface area contributed by atoms with Gasteiger partial charge in [-0.25, -0.2) is 0 Å². The molecule has 0 radical (unpaired) electrons. The van der Waals surface area contributed by atoms with Crippen molar-refractivity contribution in [3.8, 4) is 0 Å². The Bertz CT molecular complexity index is 491. The molecule has 0 N–H and O–H groups in total. The third-order valence-electron chi connectivity index (χ3n) is 2.67. The molecule has 1 aromatic heterocycles. The van der Waals surface area contributed by atoms with Crippen LogP contribution in [0.25, 0.3) is 0 Å². The molecule has 17 heavy (non-hydrogen) atoms. The lowest BCUT2D eigenvalue weighted by molar-refractivity contribution is -0.479. The van der Waals surface area contributed by atoms with Crippen molar-refractivity contribution in [3.05, 3.63) is 70.0 Å². The normalized spacial score (nSPS) is 10.4. The summed E-state index contributed by atoms with van der Waals surface area (Å²) < 4.78 is 2.05. The zero-order valence-electron chi connectivity index (χ0n) is 9.45. The topological polar surface area (TPSA) is 48.1 Å². The van der Waals surface area contributed by atoms with Gasteiger partial charge < -0.3 is 4.57 Å². The third-order valence-corrected chi connectivity index (χ3v) is 2.67. The minimum Gasteiger partial charge on any atom is -0.347 e. The van der Waals surface area contributed by atoms with Crippen LogP contribution in [0, 0.1) is 10.1 Å². The van der Waals surface area contributed by atoms with Crippen LogP contribution in [-0.4, -0.2) is 16.0 Å². The lowest BCUT2D eigenvalue weighted by Gasteiger charge is -2.07. The van der Waals surface area contributed by atoms with E-state index in [1.165, 1.54) is 5.56 Å². The highest BCUT2D eigenvalue weighted by atomic mass is 16.6. The Balaban J connectivity index is 2.06. The van der Waals surface area contributed by atoms with Crippen LogP contribution in [0.5, 0.6) is 0 Å². The van der Waals surface area contributed by atoms with Gasteiger partial charge in [0.25, 0.3) is 0 Å². The highest BCUT2D eigenvalue weighted by Gasteiger charge is 2.05. The van der Waals surface area contributed by atoms with E-state index in [4.69, 9.17) is 0 Å². The lowest BCUT2D eigenvalue weighted by atomic mass is 10.2. The molecule has 0 aliphatic carbocycles. The van der Waals surface area contributed by atoms with Crippen molar-refractivity contribution in [2.45, 2.75) is 13.0 Å². The summed E-state index contributed by atoms with van der Waals surface area (Å²) in [6.45, 7) is 0.750. The molecule has 88 valence electrons. The summed E-state index contributed by atoms with van der Waals surface area (Å²) in [6, 6.07) is 13.9. The average Bonchev–Trinajstić information content (AvgIpc) is 2.75. The summed E-state index contributed by atoms with van der Waals surface area (Å²) in [7, 11) is 0. The fourth-order valence-electron chi connectivity index (χ4n) is 1.82. The Morgan fingerprint density at radius 1 is 1.12 bits per heavy atom. The van der Waals surface area contributed by atoms with E-state index in [2.05, 4.69) is 16.7 Å². The van der Waals surface area contributed by atoms with Crippen molar-refractivity contribution in [1.82, 2.24) is 4.57 Å². The number of hydrogen-bond donors (Lipinski definition) is 0. The predicted molar refractivity (Wildman–Crippen MR) is 65.5 cm³/mol. The van der Waals surface area contributed by atoms with Gasteiger partial charge in [0.2, 0.25) is 6.54 Å². The van der Waals surface area contributed by atoms with E-state index in [0.29, 0.717) is 6.42 Å². The maximum absolute atomic E-state index is 10.4. The van der Waals surface area contributed by atoms with Crippen LogP contribution >= 0.6 is 0 Å². The quantitative estimate of drug-likeness (QED) is 0.584. The molecule has 2 rings (SSSR count). The van der Waals surface area contributed by atoms with Crippen molar-refractivity contribution in [3.63, 3.8) is 0 Å². The SMILES string of the molecule is O=[N+]([O-])CCc1cccn1Cc1ccccc1. The molecule has 1 heterocycles. The van der Waals surface area contributed by atoms with Gasteiger partial charge >= 0.3 is 0 Å². The number of rotatable bonds is 5. The van der Waals surface area contributed by atoms with Crippen LogP contribution in [0.15, 0.2) is 48.7 Å². The first-order chi connectivity index (χ1) is 8.25. The van der Waals surface area contributed by atoms with Gasteiger partial charge in [-0.3, -0.25) is 10.1 Å². The van der Waals surface area contributed by atoms with E-state index < -0.39 is 0 Å². The number of benzene rings is 1. The van der Waals surface area contributed by atoms with Gasteiger partial charge in [0.15, 0.2) is 0 Å². The Hall–Kier alpha value is -2.10. The van der Waals surface area contributed by atoms with E-state index in [-0.39, 0.29) is 11.5 Å². The van der Waals surface area contributed by atoms with Crippen LogP contribution in [0.4, 0.5) is 0 Å². The maximum atomic E-state index is 10.4. The first-order valence-electron chi connectivity index (χ1n) is 5.55. The van der Waals surface area contributed by atoms with E-state index in [1.807, 2.05) is 36.5 Å². The standard InChI is InChI=1S/C13H14N2O2/c16-15(17)10-8-13-7-4-9-14(13)11-12-5-2-1-3-6-12/h1-7,9H,8,10-11H2. The molecule has 0 aliphatic rings. The predicted octanol–water partition coefficient (Wildman–Crippen LogP) is 2.36. The Labute approximate surface area is 99.7 Å². The average molecular weight is 230 g/mol. The first kappa shape index (κ1) is 11.4. The molecule has 4 nitrogen and oxygen atoms in total. The van der Waals surface area contributed by atoms with Gasteiger partial charge in [0, 0.05) is 23.4 Å². The van der Waals surface area contributed by atoms with Crippen LogP contribution in [0.1, 0.15) is 11.3 Å². The van der Waals surface area contributed by atoms with Gasteiger partial charge in [0.1, 0.15) is 0 Å². The summed E-state index contributed by atoms with van der Waals surface area (Å²) in [5.41, 5.74) is 2.21. The van der Waals surface area contributed by atoms with Crippen molar-refractivity contribution in [2.75, 3.05) is 6.54 Å². The molecule has 0 aliphatic heterocycles. The highest BCUT2D eigenvalue weighted by molar-refractivity contribution is 5.17. The summed E-state index contributed by atoms with van der Waals surface area (Å²) in [6.07, 6.45) is 2.44. The second-order valence-electron chi connectivity index (χ2n) is 3.92. The molecule has 0 spiro atoms. The van der Waals surface area contributed by atoms with Crippen LogP contribution < -0.4 is 0 Å². The molecule has 2 aromatic rings. The molecule has 0 bridgehead atoms. The largest absolute Gasteiger partial charge is 0.347 e. The van der Waals surface area contributed by atoms with E-state index in [1.54, 1.807) is 0 Å². The molecule has 0 fully saturated rings. The third kappa shape index (κ3) is 3.17. The smallest absolute Gasteiger partial charge is 0.209 e. The first-order valence-corrected chi connectivity index (χ1v) is 5.55. The van der Waals surface area contributed by atoms with Gasteiger partial charge in [0.05, 0.1) is 6.42 Å². The Kier molecular flexibility index (Phi) is 3.55. The summed E-state index contributed by atoms with van der Waals surface area (Å²) in [5.74, 6) is 0. The number of nitrogens with zero attached hydrogens (tertiary/aromatic N) is 2. The van der Waals surface area contributed by atoms with Gasteiger partial charge in [-0.05, 0) is 17.7 Å². The fraction of sp³-hybridized carbons (Fsp3) is 0.231. The van der Waals surface area contributed by atoms with Gasteiger partial charge in [-0.1, -0.05) is 30.3 Å². The van der Waals surface area contributed by atoms with Crippen molar-refractivity contribution in [1.29, 1.82) is 0 Å². The fourth-order valence-corrected chi connectivity index (χ4v) is 1.82. The van der Waals surface area contributed by atoms with E-state index in [0.717, 1.165) is 12.2 Å². The maximum Gasteiger partial charge on any atom is 0.209 e. The number of hydrogen-bond acceptors (Lipinski definition) is 2. The molecule has 1 aromatic carbocycles. The van der Waals surface area contributed by atoms with Crippen LogP contribution in [-0.2, 0) is 13.0 Å². The second kappa shape index (κ2) is 5.30. The lowest BCUT2D eigenvalue weighted by Crippen LogP contribution is -2.09. The van der Waals surface area contributed by atoms with E-state index in [9.17, 15) is 10.1 Å². The van der Waals surface area contributed by atoms with Crippen molar-refractivity contribution in [2.24, 2.45) is 0 Å². The molecule has 0 saturated carbocycles. The molecule has 0 amide bonds. The van der Waals surface area contributed by atoms with Crippen LogP contribution in [0.2, 0.25) is 0 Å². The zero-order chi connectivity index (χ0) is 12.1. The second-order valence-corrected chi connectivity index (χ2v) is 3.92. The molecule has 0 unspecified atom stereocenters. The number of nitro groups is 1. The monoisotopic (exact) mass is 230 g/mol. The molecular weight excluding hydrogens is 216 g/mol. The van der Waals surface area contributed by atoms with Crippen molar-refractivity contribution >= 4 is 0 Å². The molecule has 4 heteroatoms. The Morgan fingerprint density at radius 3 is 2.59 bits per heavy atom.